The van der Waals surface area contributed by atoms with E-state index in [1.54, 1.807) is 184 Å². The van der Waals surface area contributed by atoms with Gasteiger partial charge in [0.25, 0.3) is 5.78 Å². The van der Waals surface area contributed by atoms with Crippen LogP contribution in [-0.2, 0) is 23.9 Å². The fourth-order valence-corrected chi connectivity index (χ4v) is 9.97. The van der Waals surface area contributed by atoms with Gasteiger partial charge in [-0.25, -0.2) is 4.79 Å². The molecule has 11 rings (SSSR count). The zero-order valence-electron chi connectivity index (χ0n) is 65.4. The van der Waals surface area contributed by atoms with E-state index >= 15 is 0 Å². The molecule has 18 nitrogen and oxygen atoms in total. The van der Waals surface area contributed by atoms with Crippen molar-refractivity contribution in [3.63, 3.8) is 0 Å². The number of Topliss-reactive ketones (excluding diaryl/α,β-unsaturated/α-hetero) is 8. The van der Waals surface area contributed by atoms with Crippen LogP contribution in [0.15, 0.2) is 333 Å². The number of rotatable bonds is 25. The number of carbonyl (C=O) groups is 11. The van der Waals surface area contributed by atoms with Gasteiger partial charge in [0.1, 0.15) is 19.1 Å². The second-order valence-electron chi connectivity index (χ2n) is 23.5. The Morgan fingerprint density at radius 2 is 0.821 bits per heavy atom. The summed E-state index contributed by atoms with van der Waals surface area (Å²) < 4.78 is 9.24. The summed E-state index contributed by atoms with van der Waals surface area (Å²) in [6.45, 7) is 6.74. The number of esters is 2. The van der Waals surface area contributed by atoms with E-state index in [2.05, 4.69) is 21.3 Å². The molecular formula is C96H96Cl2O18S. The smallest absolute Gasteiger partial charge is 0.379 e. The van der Waals surface area contributed by atoms with Crippen molar-refractivity contribution in [1.82, 2.24) is 0 Å². The molecule has 1 aromatic heterocycles. The molecule has 0 spiro atoms. The highest BCUT2D eigenvalue weighted by Crippen LogP contribution is 2.19. The molecule has 0 bridgehead atoms. The van der Waals surface area contributed by atoms with Crippen molar-refractivity contribution in [3.05, 3.63) is 393 Å². The third kappa shape index (κ3) is 45.3. The molecule has 0 aliphatic heterocycles. The van der Waals surface area contributed by atoms with Crippen LogP contribution in [0.25, 0.3) is 0 Å². The lowest BCUT2D eigenvalue weighted by atomic mass is 10.0. The molecule has 0 aliphatic carbocycles. The number of aliphatic hydroxyl groups is 5. The van der Waals surface area contributed by atoms with Crippen LogP contribution in [0, 0.1) is 11.8 Å². The molecule has 0 saturated heterocycles. The van der Waals surface area contributed by atoms with Crippen molar-refractivity contribution in [3.8, 4) is 11.8 Å². The number of halogens is 2. The Balaban J connectivity index is 0.000000442. The summed E-state index contributed by atoms with van der Waals surface area (Å²) in [5, 5.41) is 46.5. The van der Waals surface area contributed by atoms with E-state index in [1.807, 2.05) is 170 Å². The van der Waals surface area contributed by atoms with Crippen molar-refractivity contribution in [2.24, 2.45) is 0 Å². The van der Waals surface area contributed by atoms with E-state index in [-0.39, 0.29) is 84.8 Å². The summed E-state index contributed by atoms with van der Waals surface area (Å²) in [7, 11) is 0. The van der Waals surface area contributed by atoms with E-state index < -0.39 is 36.5 Å². The zero-order valence-corrected chi connectivity index (χ0v) is 67.7. The maximum absolute atomic E-state index is 11.9. The van der Waals surface area contributed by atoms with Gasteiger partial charge >= 0.3 is 11.9 Å². The maximum atomic E-state index is 11.9. The molecule has 5 N–H and O–H groups in total. The zero-order chi connectivity index (χ0) is 86.1. The number of ether oxygens (including phenoxy) is 2. The van der Waals surface area contributed by atoms with E-state index in [0.29, 0.717) is 58.7 Å². The lowest BCUT2D eigenvalue weighted by Crippen LogP contribution is -2.17. The van der Waals surface area contributed by atoms with Gasteiger partial charge in [0, 0.05) is 83.2 Å². The second kappa shape index (κ2) is 63.9. The Hall–Kier alpha value is -12.5. The molecule has 0 amide bonds. The topological polar surface area (TPSA) is 307 Å². The monoisotopic (exact) mass is 1640 g/mol. The molecule has 117 heavy (non-hydrogen) atoms. The second-order valence-corrected chi connectivity index (χ2v) is 25.1. The Morgan fingerprint density at radius 3 is 1.21 bits per heavy atom. The molecule has 10 aromatic carbocycles. The predicted octanol–water partition coefficient (Wildman–Crippen LogP) is 17.8. The Labute approximate surface area is 697 Å². The molecule has 11 aromatic rings. The molecule has 0 saturated carbocycles. The molecule has 0 aliphatic rings. The summed E-state index contributed by atoms with van der Waals surface area (Å²) in [5.74, 6) is 3.17. The number of allylic oxidation sites excluding steroid dienone is 2. The van der Waals surface area contributed by atoms with Crippen LogP contribution in [0.1, 0.15) is 164 Å². The molecule has 0 fully saturated rings. The Morgan fingerprint density at radius 1 is 0.427 bits per heavy atom. The van der Waals surface area contributed by atoms with Gasteiger partial charge in [-0.1, -0.05) is 309 Å². The molecule has 0 radical (unpaired) electrons. The van der Waals surface area contributed by atoms with E-state index in [1.165, 1.54) is 18.3 Å². The molecule has 1 heterocycles. The van der Waals surface area contributed by atoms with Crippen LogP contribution in [0.4, 0.5) is 0 Å². The van der Waals surface area contributed by atoms with Crippen molar-refractivity contribution >= 4 is 98.5 Å². The molecule has 608 valence electrons. The van der Waals surface area contributed by atoms with Crippen molar-refractivity contribution in [1.29, 1.82) is 0 Å². The van der Waals surface area contributed by atoms with Crippen LogP contribution >= 0.6 is 34.5 Å². The van der Waals surface area contributed by atoms with Gasteiger partial charge in [0.15, 0.2) is 40.5 Å². The molecule has 2 atom stereocenters. The van der Waals surface area contributed by atoms with Gasteiger partial charge in [0.2, 0.25) is 5.78 Å². The highest BCUT2D eigenvalue weighted by atomic mass is 35.5. The van der Waals surface area contributed by atoms with Gasteiger partial charge in [-0.2, -0.15) is 0 Å². The number of thiophene rings is 1. The van der Waals surface area contributed by atoms with Gasteiger partial charge in [-0.05, 0) is 67.5 Å². The Kier molecular flexibility index (Phi) is 55.0. The summed E-state index contributed by atoms with van der Waals surface area (Å²) in [6.07, 6.45) is 2.59. The van der Waals surface area contributed by atoms with E-state index in [0.717, 1.165) is 27.1 Å². The number of aliphatic hydroxyl groups excluding tert-OH is 5. The average Bonchev–Trinajstić information content (AvgIpc) is 1.77. The highest BCUT2D eigenvalue weighted by molar-refractivity contribution is 7.12. The average molecular weight is 1640 g/mol. The van der Waals surface area contributed by atoms with Crippen molar-refractivity contribution in [2.75, 3.05) is 44.8 Å². The minimum absolute atomic E-state index is 0.0239. The van der Waals surface area contributed by atoms with Crippen LogP contribution in [-0.4, -0.2) is 134 Å². The fraction of sp³-hybridized carbons (Fsp3) is 0.177. The molecular weight excluding hydrogens is 1540 g/mol. The maximum Gasteiger partial charge on any atom is 0.379 e. The van der Waals surface area contributed by atoms with E-state index in [4.69, 9.17) is 38.5 Å². The van der Waals surface area contributed by atoms with Gasteiger partial charge in [0.05, 0.1) is 36.7 Å². The predicted molar refractivity (Wildman–Crippen MR) is 460 cm³/mol. The highest BCUT2D eigenvalue weighted by Gasteiger charge is 2.19. The summed E-state index contributed by atoms with van der Waals surface area (Å²) in [4.78, 5) is 123. The number of ketones is 9. The number of hydrogen-bond acceptors (Lipinski definition) is 19. The first-order chi connectivity index (χ1) is 56.6. The number of benzene rings is 10. The normalized spacial score (nSPS) is 10.1. The number of hydrogen-bond donors (Lipinski definition) is 5. The third-order valence-electron chi connectivity index (χ3n) is 14.8. The minimum Gasteiger partial charge on any atom is -0.466 e. The summed E-state index contributed by atoms with van der Waals surface area (Å²) >= 11 is 12.2. The molecule has 2 unspecified atom stereocenters. The standard InChI is InChI=1S/C14H12O2.C11H12O3.C10H10O3.C10H8O.C10H10O.C9H9ClO.C9H12O2.C8H7ClO.C8H8O2.C7H8O2S/c15-13(11-7-3-1-4-8-11)14(16)12-9-5-2-6-10-12;1-2-14-11(13)8-10(12)9-6-4-3-5-7-9;1-2-13-10(12)9(11)8-6-4-3-5-7-8;1-9(11)7-8-10-5-3-2-4-6-10;1-2-6-10(11)9-7-4-3-5-8-9;2*10-7-6-9(11)8-4-2-1-3-5-8;2*9-6-8(10)7-4-2-1-3-5-7;8-4-3-6(9)7-2-1-5-10-7/h1-10,13,15H;3-7H,2,8H2,1H3;3-7H,2H2,1H3;2-6H,1H3;2-8H,1H3;1-5H,6-7H2;1-5,9-11H,6-7H2;1-5H,6H2;1-5,9H,6H2;1-2,5,8H,3-4H2/b;;;;6-2+;;;;;. The fourth-order valence-electron chi connectivity index (χ4n) is 8.95. The summed E-state index contributed by atoms with van der Waals surface area (Å²) in [6, 6.07) is 93.3. The minimum atomic E-state index is -1.08. The molecule has 21 heteroatoms. The van der Waals surface area contributed by atoms with Gasteiger partial charge in [-0.3, -0.25) is 47.9 Å². The first-order valence-electron chi connectivity index (χ1n) is 36.7. The quantitative estimate of drug-likeness (QED) is 0.00675. The van der Waals surface area contributed by atoms with Gasteiger partial charge < -0.3 is 35.0 Å². The van der Waals surface area contributed by atoms with Crippen molar-refractivity contribution in [2.45, 2.75) is 65.6 Å². The number of carbonyl (C=O) groups excluding carboxylic acids is 11. The first-order valence-corrected chi connectivity index (χ1v) is 38.7. The largest absolute Gasteiger partial charge is 0.466 e. The van der Waals surface area contributed by atoms with E-state index in [9.17, 15) is 63.0 Å². The lowest BCUT2D eigenvalue weighted by molar-refractivity contribution is -0.142. The lowest BCUT2D eigenvalue weighted by Gasteiger charge is -2.09. The van der Waals surface area contributed by atoms with Gasteiger partial charge in [-0.15, -0.1) is 34.5 Å². The number of alkyl halides is 2. The Bertz CT molecular complexity index is 4650. The SMILES string of the molecule is C/C=C/C(=O)c1ccccc1.CC(=O)C#Cc1ccccc1.CCOC(=O)C(=O)c1ccccc1.CCOC(=O)CC(=O)c1ccccc1.O=C(CCCl)c1ccccc1.O=C(CCO)c1cccs1.O=C(CCl)c1ccccc1.O=C(CO)c1ccccc1.O=C(c1ccccc1)C(O)c1ccccc1.OCCC(O)c1ccccc1. The van der Waals surface area contributed by atoms with Crippen LogP contribution in [0.3, 0.4) is 0 Å². The van der Waals surface area contributed by atoms with Crippen LogP contribution in [0.5, 0.6) is 0 Å². The van der Waals surface area contributed by atoms with Crippen LogP contribution < -0.4 is 0 Å². The van der Waals surface area contributed by atoms with Crippen LogP contribution in [0.2, 0.25) is 0 Å². The first kappa shape index (κ1) is 101. The summed E-state index contributed by atoms with van der Waals surface area (Å²) in [5.41, 5.74) is 6.52. The third-order valence-corrected chi connectivity index (χ3v) is 16.1. The van der Waals surface area contributed by atoms with Crippen molar-refractivity contribution < 1.29 is 87.7 Å².